The summed E-state index contributed by atoms with van der Waals surface area (Å²) in [7, 11) is 3.19. The molecule has 1 aromatic heterocycles. The SMILES string of the molecule is CCc1cccc(OCc2nc(-c3ccc(OC)cc3OC)no2)c1. The first-order valence-corrected chi connectivity index (χ1v) is 8.00. The van der Waals surface area contributed by atoms with Gasteiger partial charge in [0.05, 0.1) is 19.8 Å². The topological polar surface area (TPSA) is 66.6 Å². The van der Waals surface area contributed by atoms with Crippen LogP contribution < -0.4 is 14.2 Å². The van der Waals surface area contributed by atoms with E-state index in [-0.39, 0.29) is 6.61 Å². The maximum Gasteiger partial charge on any atom is 0.264 e. The molecule has 6 nitrogen and oxygen atoms in total. The Morgan fingerprint density at radius 3 is 2.64 bits per heavy atom. The van der Waals surface area contributed by atoms with Gasteiger partial charge in [-0.2, -0.15) is 4.98 Å². The van der Waals surface area contributed by atoms with E-state index >= 15 is 0 Å². The van der Waals surface area contributed by atoms with E-state index in [4.69, 9.17) is 18.7 Å². The third-order valence-electron chi connectivity index (χ3n) is 3.79. The van der Waals surface area contributed by atoms with Crippen LogP contribution in [0, 0.1) is 0 Å². The highest BCUT2D eigenvalue weighted by atomic mass is 16.5. The summed E-state index contributed by atoms with van der Waals surface area (Å²) in [5.74, 6) is 2.93. The molecule has 0 saturated heterocycles. The molecular formula is C19H20N2O4. The molecule has 0 saturated carbocycles. The molecule has 0 unspecified atom stereocenters. The number of aryl methyl sites for hydroxylation is 1. The summed E-state index contributed by atoms with van der Waals surface area (Å²) in [4.78, 5) is 4.38. The van der Waals surface area contributed by atoms with Gasteiger partial charge in [-0.05, 0) is 36.2 Å². The molecule has 0 atom stereocenters. The molecular weight excluding hydrogens is 320 g/mol. The van der Waals surface area contributed by atoms with Gasteiger partial charge in [-0.3, -0.25) is 0 Å². The van der Waals surface area contributed by atoms with Crippen LogP contribution in [0.15, 0.2) is 47.0 Å². The van der Waals surface area contributed by atoms with Crippen LogP contribution in [-0.4, -0.2) is 24.4 Å². The Balaban J connectivity index is 1.74. The second kappa shape index (κ2) is 7.70. The van der Waals surface area contributed by atoms with Gasteiger partial charge in [0.2, 0.25) is 5.82 Å². The lowest BCUT2D eigenvalue weighted by Crippen LogP contribution is -1.96. The minimum atomic E-state index is 0.207. The summed E-state index contributed by atoms with van der Waals surface area (Å²) >= 11 is 0. The normalized spacial score (nSPS) is 10.5. The molecule has 25 heavy (non-hydrogen) atoms. The molecule has 0 spiro atoms. The van der Waals surface area contributed by atoms with Gasteiger partial charge in [0.1, 0.15) is 17.2 Å². The predicted octanol–water partition coefficient (Wildman–Crippen LogP) is 3.90. The van der Waals surface area contributed by atoms with E-state index < -0.39 is 0 Å². The van der Waals surface area contributed by atoms with Crippen LogP contribution in [0.2, 0.25) is 0 Å². The lowest BCUT2D eigenvalue weighted by Gasteiger charge is -2.07. The molecule has 0 amide bonds. The Labute approximate surface area is 146 Å². The lowest BCUT2D eigenvalue weighted by molar-refractivity contribution is 0.243. The van der Waals surface area contributed by atoms with Gasteiger partial charge in [-0.15, -0.1) is 0 Å². The van der Waals surface area contributed by atoms with E-state index in [0.29, 0.717) is 23.2 Å². The molecule has 0 N–H and O–H groups in total. The minimum absolute atomic E-state index is 0.207. The molecule has 1 heterocycles. The van der Waals surface area contributed by atoms with E-state index in [9.17, 15) is 0 Å². The van der Waals surface area contributed by atoms with Gasteiger partial charge in [0.15, 0.2) is 6.61 Å². The Kier molecular flexibility index (Phi) is 5.18. The Hall–Kier alpha value is -3.02. The third-order valence-corrected chi connectivity index (χ3v) is 3.79. The number of hydrogen-bond acceptors (Lipinski definition) is 6. The molecule has 3 rings (SSSR count). The second-order valence-electron chi connectivity index (χ2n) is 5.37. The average molecular weight is 340 g/mol. The molecule has 0 bridgehead atoms. The van der Waals surface area contributed by atoms with Crippen molar-refractivity contribution in [3.63, 3.8) is 0 Å². The first-order chi connectivity index (χ1) is 12.2. The van der Waals surface area contributed by atoms with Gasteiger partial charge in [-0.25, -0.2) is 0 Å². The maximum absolute atomic E-state index is 5.73. The van der Waals surface area contributed by atoms with E-state index in [1.807, 2.05) is 30.3 Å². The Morgan fingerprint density at radius 2 is 1.88 bits per heavy atom. The predicted molar refractivity (Wildman–Crippen MR) is 93.0 cm³/mol. The molecule has 6 heteroatoms. The van der Waals surface area contributed by atoms with Gasteiger partial charge in [0, 0.05) is 6.07 Å². The van der Waals surface area contributed by atoms with Crippen LogP contribution in [0.1, 0.15) is 18.4 Å². The van der Waals surface area contributed by atoms with E-state index in [2.05, 4.69) is 23.1 Å². The van der Waals surface area contributed by atoms with Crippen molar-refractivity contribution in [3.05, 3.63) is 53.9 Å². The number of ether oxygens (including phenoxy) is 3. The largest absolute Gasteiger partial charge is 0.497 e. The fourth-order valence-electron chi connectivity index (χ4n) is 2.41. The summed E-state index contributed by atoms with van der Waals surface area (Å²) in [6.07, 6.45) is 0.958. The fraction of sp³-hybridized carbons (Fsp3) is 0.263. The van der Waals surface area contributed by atoms with Crippen molar-refractivity contribution in [2.75, 3.05) is 14.2 Å². The van der Waals surface area contributed by atoms with E-state index in [1.165, 1.54) is 5.56 Å². The van der Waals surface area contributed by atoms with Crippen molar-refractivity contribution in [3.8, 4) is 28.6 Å². The summed E-state index contributed by atoms with van der Waals surface area (Å²) in [6, 6.07) is 13.4. The van der Waals surface area contributed by atoms with Crippen LogP contribution >= 0.6 is 0 Å². The highest BCUT2D eigenvalue weighted by molar-refractivity contribution is 5.65. The van der Waals surface area contributed by atoms with Crippen LogP contribution in [0.4, 0.5) is 0 Å². The highest BCUT2D eigenvalue weighted by Gasteiger charge is 2.14. The number of nitrogens with zero attached hydrogens (tertiary/aromatic N) is 2. The van der Waals surface area contributed by atoms with Crippen molar-refractivity contribution >= 4 is 0 Å². The summed E-state index contributed by atoms with van der Waals surface area (Å²) < 4.78 is 21.6. The average Bonchev–Trinajstić information content (AvgIpc) is 3.14. The van der Waals surface area contributed by atoms with Crippen molar-refractivity contribution < 1.29 is 18.7 Å². The lowest BCUT2D eigenvalue weighted by atomic mass is 10.2. The monoisotopic (exact) mass is 340 g/mol. The Bertz CT molecular complexity index is 845. The second-order valence-corrected chi connectivity index (χ2v) is 5.37. The van der Waals surface area contributed by atoms with Crippen molar-refractivity contribution in [1.29, 1.82) is 0 Å². The van der Waals surface area contributed by atoms with Gasteiger partial charge >= 0.3 is 0 Å². The highest BCUT2D eigenvalue weighted by Crippen LogP contribution is 2.31. The van der Waals surface area contributed by atoms with Crippen molar-refractivity contribution in [1.82, 2.24) is 10.1 Å². The molecule has 0 aliphatic heterocycles. The summed E-state index contributed by atoms with van der Waals surface area (Å²) in [6.45, 7) is 2.31. The minimum Gasteiger partial charge on any atom is -0.497 e. The zero-order valence-electron chi connectivity index (χ0n) is 14.5. The molecule has 0 radical (unpaired) electrons. The van der Waals surface area contributed by atoms with Crippen LogP contribution in [0.25, 0.3) is 11.4 Å². The van der Waals surface area contributed by atoms with Crippen molar-refractivity contribution in [2.24, 2.45) is 0 Å². The first-order valence-electron chi connectivity index (χ1n) is 8.00. The molecule has 2 aromatic carbocycles. The van der Waals surface area contributed by atoms with Gasteiger partial charge in [0.25, 0.3) is 5.89 Å². The first kappa shape index (κ1) is 16.8. The summed E-state index contributed by atoms with van der Waals surface area (Å²) in [5.41, 5.74) is 1.94. The zero-order chi connectivity index (χ0) is 17.6. The molecule has 3 aromatic rings. The number of aromatic nitrogens is 2. The number of methoxy groups -OCH3 is 2. The van der Waals surface area contributed by atoms with E-state index in [1.54, 1.807) is 20.3 Å². The maximum atomic E-state index is 5.73. The van der Waals surface area contributed by atoms with Gasteiger partial charge < -0.3 is 18.7 Å². The van der Waals surface area contributed by atoms with Crippen LogP contribution in [0.3, 0.4) is 0 Å². The third kappa shape index (κ3) is 3.91. The summed E-state index contributed by atoms with van der Waals surface area (Å²) in [5, 5.41) is 4.01. The molecule has 0 aliphatic carbocycles. The molecule has 0 aliphatic rings. The quantitative estimate of drug-likeness (QED) is 0.650. The Morgan fingerprint density at radius 1 is 1.00 bits per heavy atom. The molecule has 130 valence electrons. The van der Waals surface area contributed by atoms with Crippen LogP contribution in [0.5, 0.6) is 17.2 Å². The van der Waals surface area contributed by atoms with Crippen LogP contribution in [-0.2, 0) is 13.0 Å². The fourth-order valence-corrected chi connectivity index (χ4v) is 2.41. The van der Waals surface area contributed by atoms with E-state index in [0.717, 1.165) is 17.7 Å². The standard InChI is InChI=1S/C19H20N2O4/c1-4-13-6-5-7-15(10-13)24-12-18-20-19(21-25-18)16-9-8-14(22-2)11-17(16)23-3/h5-11H,4,12H2,1-3H3. The smallest absolute Gasteiger partial charge is 0.264 e. The molecule has 0 fully saturated rings. The number of benzene rings is 2. The van der Waals surface area contributed by atoms with Gasteiger partial charge in [-0.1, -0.05) is 24.2 Å². The number of hydrogen-bond donors (Lipinski definition) is 0. The van der Waals surface area contributed by atoms with Crippen molar-refractivity contribution in [2.45, 2.75) is 20.0 Å². The number of rotatable bonds is 7. The zero-order valence-corrected chi connectivity index (χ0v) is 14.5.